The Morgan fingerprint density at radius 1 is 1.33 bits per heavy atom. The first-order valence-electron chi connectivity index (χ1n) is 7.31. The molecule has 4 nitrogen and oxygen atoms in total. The molecule has 0 unspecified atom stereocenters. The van der Waals surface area contributed by atoms with Gasteiger partial charge in [-0.05, 0) is 18.9 Å². The van der Waals surface area contributed by atoms with E-state index in [0.29, 0.717) is 10.9 Å². The molecule has 4 rings (SSSR count). The quantitative estimate of drug-likeness (QED) is 0.582. The van der Waals surface area contributed by atoms with E-state index in [1.54, 1.807) is 0 Å². The molecule has 0 amide bonds. The van der Waals surface area contributed by atoms with E-state index < -0.39 is 0 Å². The van der Waals surface area contributed by atoms with Crippen LogP contribution < -0.4 is 10.5 Å². The Balaban J connectivity index is 1.64. The average Bonchev–Trinajstić information content (AvgIpc) is 3.14. The zero-order valence-corrected chi connectivity index (χ0v) is 12.4. The minimum atomic E-state index is -0.0800. The van der Waals surface area contributed by atoms with Gasteiger partial charge in [-0.3, -0.25) is 4.79 Å². The second-order valence-corrected chi connectivity index (χ2v) is 6.80. The molecular formula is C16H16N2O2S. The van der Waals surface area contributed by atoms with Gasteiger partial charge < -0.3 is 10.5 Å². The maximum atomic E-state index is 12.2. The van der Waals surface area contributed by atoms with Crippen LogP contribution in [-0.4, -0.2) is 11.0 Å². The van der Waals surface area contributed by atoms with Crippen LogP contribution in [0.2, 0.25) is 0 Å². The fraction of sp³-hybridized carbons (Fsp3) is 0.375. The Kier molecular flexibility index (Phi) is 2.96. The summed E-state index contributed by atoms with van der Waals surface area (Å²) in [5.74, 6) is 0.682. The van der Waals surface area contributed by atoms with Crippen LogP contribution in [0.15, 0.2) is 18.2 Å². The van der Waals surface area contributed by atoms with Crippen LogP contribution in [0, 0.1) is 5.92 Å². The number of benzene rings is 1. The van der Waals surface area contributed by atoms with Crippen molar-refractivity contribution in [3.63, 3.8) is 0 Å². The molecule has 0 saturated heterocycles. The number of carbonyl (C=O) groups is 1. The normalized spacial score (nSPS) is 16.8. The lowest BCUT2D eigenvalue weighted by molar-refractivity contribution is -0.138. The fourth-order valence-corrected chi connectivity index (χ4v) is 4.14. The van der Waals surface area contributed by atoms with E-state index in [-0.39, 0.29) is 11.9 Å². The molecule has 0 bridgehead atoms. The Labute approximate surface area is 127 Å². The lowest BCUT2D eigenvalue weighted by Gasteiger charge is -2.12. The van der Waals surface area contributed by atoms with E-state index in [0.717, 1.165) is 53.8 Å². The molecule has 5 heteroatoms. The van der Waals surface area contributed by atoms with Crippen LogP contribution >= 0.6 is 11.3 Å². The van der Waals surface area contributed by atoms with Crippen molar-refractivity contribution >= 4 is 22.4 Å². The molecule has 1 aromatic heterocycles. The van der Waals surface area contributed by atoms with E-state index >= 15 is 0 Å². The number of thiazole rings is 1. The summed E-state index contributed by atoms with van der Waals surface area (Å²) in [6.45, 7) is 0. The molecule has 2 aliphatic rings. The first-order chi connectivity index (χ1) is 10.2. The zero-order chi connectivity index (χ0) is 14.4. The van der Waals surface area contributed by atoms with Crippen molar-refractivity contribution in [1.29, 1.82) is 0 Å². The molecule has 0 spiro atoms. The minimum Gasteiger partial charge on any atom is -0.426 e. The lowest BCUT2D eigenvalue weighted by Crippen LogP contribution is -2.18. The van der Waals surface area contributed by atoms with Crippen molar-refractivity contribution < 1.29 is 9.53 Å². The van der Waals surface area contributed by atoms with Gasteiger partial charge in [0.1, 0.15) is 5.75 Å². The number of nitrogens with zero attached hydrogens (tertiary/aromatic N) is 1. The van der Waals surface area contributed by atoms with Crippen molar-refractivity contribution in [3.05, 3.63) is 28.6 Å². The molecule has 2 aliphatic carbocycles. The molecule has 1 aromatic carbocycles. The molecular weight excluding hydrogens is 284 g/mol. The zero-order valence-electron chi connectivity index (χ0n) is 11.6. The standard InChI is InChI=1S/C16H16N2O2S/c17-16-18-14-10-6-3-7-12(11(10)8-13(14)21-16)20-15(19)9-4-1-2-5-9/h3,6-7,9H,1-2,4-5,8H2,(H2,17,18). The van der Waals surface area contributed by atoms with Crippen LogP contribution in [0.5, 0.6) is 5.75 Å². The second kappa shape index (κ2) is 4.84. The van der Waals surface area contributed by atoms with Gasteiger partial charge in [0, 0.05) is 22.4 Å². The maximum absolute atomic E-state index is 12.2. The van der Waals surface area contributed by atoms with Crippen molar-refractivity contribution in [3.8, 4) is 17.0 Å². The van der Waals surface area contributed by atoms with Gasteiger partial charge in [-0.15, -0.1) is 11.3 Å². The number of carbonyl (C=O) groups excluding carboxylic acids is 1. The highest BCUT2D eigenvalue weighted by molar-refractivity contribution is 7.15. The van der Waals surface area contributed by atoms with Crippen LogP contribution in [0.3, 0.4) is 0 Å². The van der Waals surface area contributed by atoms with Gasteiger partial charge in [0.2, 0.25) is 0 Å². The summed E-state index contributed by atoms with van der Waals surface area (Å²) in [7, 11) is 0. The summed E-state index contributed by atoms with van der Waals surface area (Å²) in [4.78, 5) is 17.8. The fourth-order valence-electron chi connectivity index (χ4n) is 3.28. The third kappa shape index (κ3) is 2.12. The van der Waals surface area contributed by atoms with Crippen LogP contribution in [0.25, 0.3) is 11.3 Å². The molecule has 1 heterocycles. The summed E-state index contributed by atoms with van der Waals surface area (Å²) >= 11 is 1.51. The number of nitrogen functional groups attached to an aromatic ring is 1. The van der Waals surface area contributed by atoms with Crippen molar-refractivity contribution in [2.75, 3.05) is 5.73 Å². The Morgan fingerprint density at radius 3 is 2.95 bits per heavy atom. The lowest BCUT2D eigenvalue weighted by atomic mass is 10.1. The highest BCUT2D eigenvalue weighted by Crippen LogP contribution is 2.44. The SMILES string of the molecule is Nc1nc2c(s1)Cc1c(OC(=O)C3CCCC3)cccc1-2. The summed E-state index contributed by atoms with van der Waals surface area (Å²) in [6, 6.07) is 5.82. The summed E-state index contributed by atoms with van der Waals surface area (Å²) in [5, 5.41) is 0.596. The largest absolute Gasteiger partial charge is 0.426 e. The van der Waals surface area contributed by atoms with Gasteiger partial charge in [-0.1, -0.05) is 25.0 Å². The molecule has 0 radical (unpaired) electrons. The topological polar surface area (TPSA) is 65.2 Å². The van der Waals surface area contributed by atoms with Gasteiger partial charge >= 0.3 is 5.97 Å². The number of hydrogen-bond donors (Lipinski definition) is 1. The van der Waals surface area contributed by atoms with Crippen LogP contribution in [-0.2, 0) is 11.2 Å². The highest BCUT2D eigenvalue weighted by atomic mass is 32.1. The molecule has 1 fully saturated rings. The first kappa shape index (κ1) is 12.8. The van der Waals surface area contributed by atoms with E-state index in [1.165, 1.54) is 11.3 Å². The monoisotopic (exact) mass is 300 g/mol. The number of fused-ring (bicyclic) bond motifs is 3. The average molecular weight is 300 g/mol. The van der Waals surface area contributed by atoms with Crippen molar-refractivity contribution in [2.45, 2.75) is 32.1 Å². The molecule has 21 heavy (non-hydrogen) atoms. The van der Waals surface area contributed by atoms with Gasteiger partial charge in [0.05, 0.1) is 11.6 Å². The number of ether oxygens (including phenoxy) is 1. The third-order valence-corrected chi connectivity index (χ3v) is 5.22. The van der Waals surface area contributed by atoms with Gasteiger partial charge in [-0.25, -0.2) is 4.98 Å². The Hall–Kier alpha value is -1.88. The van der Waals surface area contributed by atoms with Crippen LogP contribution in [0.4, 0.5) is 5.13 Å². The molecule has 0 aliphatic heterocycles. The van der Waals surface area contributed by atoms with Crippen molar-refractivity contribution in [2.24, 2.45) is 5.92 Å². The second-order valence-electron chi connectivity index (χ2n) is 5.69. The summed E-state index contributed by atoms with van der Waals surface area (Å²) in [6.07, 6.45) is 4.94. The highest BCUT2D eigenvalue weighted by Gasteiger charge is 2.29. The van der Waals surface area contributed by atoms with Crippen LogP contribution in [0.1, 0.15) is 36.1 Å². The summed E-state index contributed by atoms with van der Waals surface area (Å²) < 4.78 is 5.68. The van der Waals surface area contributed by atoms with Crippen molar-refractivity contribution in [1.82, 2.24) is 4.98 Å². The number of nitrogens with two attached hydrogens (primary N) is 1. The number of hydrogen-bond acceptors (Lipinski definition) is 5. The predicted octanol–water partition coefficient (Wildman–Crippen LogP) is 3.39. The molecule has 0 atom stereocenters. The van der Waals surface area contributed by atoms with Gasteiger partial charge in [-0.2, -0.15) is 0 Å². The Bertz CT molecular complexity index is 717. The molecule has 2 N–H and O–H groups in total. The van der Waals surface area contributed by atoms with E-state index in [1.807, 2.05) is 18.2 Å². The Morgan fingerprint density at radius 2 is 2.14 bits per heavy atom. The van der Waals surface area contributed by atoms with Gasteiger partial charge in [0.15, 0.2) is 5.13 Å². The molecule has 1 saturated carbocycles. The number of esters is 1. The van der Waals surface area contributed by atoms with Gasteiger partial charge in [0.25, 0.3) is 0 Å². The van der Waals surface area contributed by atoms with E-state index in [4.69, 9.17) is 10.5 Å². The minimum absolute atomic E-state index is 0.0742. The molecule has 2 aromatic rings. The van der Waals surface area contributed by atoms with E-state index in [2.05, 4.69) is 4.98 Å². The number of anilines is 1. The maximum Gasteiger partial charge on any atom is 0.314 e. The summed E-state index contributed by atoms with van der Waals surface area (Å²) in [5.41, 5.74) is 8.84. The smallest absolute Gasteiger partial charge is 0.314 e. The molecule has 108 valence electrons. The van der Waals surface area contributed by atoms with E-state index in [9.17, 15) is 4.79 Å². The third-order valence-electron chi connectivity index (χ3n) is 4.34. The first-order valence-corrected chi connectivity index (χ1v) is 8.13. The number of rotatable bonds is 2. The number of aromatic nitrogens is 1. The predicted molar refractivity (Wildman–Crippen MR) is 82.4 cm³/mol.